The van der Waals surface area contributed by atoms with E-state index < -0.39 is 36.4 Å². The van der Waals surface area contributed by atoms with Gasteiger partial charge in [-0.3, -0.25) is 0 Å². The summed E-state index contributed by atoms with van der Waals surface area (Å²) in [5.41, 5.74) is 0. The van der Waals surface area contributed by atoms with Crippen molar-refractivity contribution in [1.82, 2.24) is 0 Å². The van der Waals surface area contributed by atoms with E-state index in [1.165, 1.54) is 0 Å². The molecule has 0 bridgehead atoms. The van der Waals surface area contributed by atoms with Crippen molar-refractivity contribution in [2.45, 2.75) is 24.4 Å². The van der Waals surface area contributed by atoms with Crippen LogP contribution in [0.25, 0.3) is 0 Å². The van der Waals surface area contributed by atoms with E-state index >= 15 is 0 Å². The van der Waals surface area contributed by atoms with Crippen LogP contribution in [0.4, 0.5) is 0 Å². The van der Waals surface area contributed by atoms with Crippen molar-refractivity contribution in [3.8, 4) is 0 Å². The molecule has 0 aliphatic heterocycles. The Balaban J connectivity index is 0. The molecule has 4 atom stereocenters. The zero-order valence-electron chi connectivity index (χ0n) is 7.13. The molecule has 0 radical (unpaired) electrons. The molecule has 0 saturated heterocycles. The number of carboxylic acid groups (broad SMARTS) is 2. The van der Waals surface area contributed by atoms with E-state index in [1.807, 2.05) is 0 Å². The Kier molecular flexibility index (Phi) is 7.46. The molecule has 6 N–H and O–H groups in total. The van der Waals surface area contributed by atoms with Gasteiger partial charge in [-0.25, -0.2) is 9.59 Å². The molecule has 15 heavy (non-hydrogen) atoms. The Hall–Kier alpha value is -0.726. The summed E-state index contributed by atoms with van der Waals surface area (Å²) in [5.74, 6) is -3.68. The van der Waals surface area contributed by atoms with Crippen LogP contribution in [-0.4, -0.2) is 67.0 Å². The monoisotopic (exact) mass is 268 g/mol. The van der Waals surface area contributed by atoms with Crippen molar-refractivity contribution in [1.29, 1.82) is 0 Å². The van der Waals surface area contributed by atoms with E-state index in [4.69, 9.17) is 30.6 Å². The maximum atomic E-state index is 10.1. The summed E-state index contributed by atoms with van der Waals surface area (Å²) in [7, 11) is 0. The molecule has 4 unspecified atom stereocenters. The third-order valence-electron chi connectivity index (χ3n) is 1.50. The fraction of sp³-hybridized carbons (Fsp3) is 0.667. The van der Waals surface area contributed by atoms with Gasteiger partial charge in [0.1, 0.15) is 12.2 Å². The van der Waals surface area contributed by atoms with E-state index in [0.29, 0.717) is 0 Å². The molecule has 0 aromatic carbocycles. The first-order valence-corrected chi connectivity index (χ1v) is 3.47. The van der Waals surface area contributed by atoms with Gasteiger partial charge >= 0.3 is 11.9 Å². The minimum atomic E-state index is -2.36. The molecule has 0 amide bonds. The number of aliphatic carboxylic acids is 2. The largest absolute Gasteiger partial charge is 0.479 e. The summed E-state index contributed by atoms with van der Waals surface area (Å²) in [5, 5.41) is 51.5. The van der Waals surface area contributed by atoms with Gasteiger partial charge in [0.05, 0.1) is 0 Å². The van der Waals surface area contributed by atoms with Crippen LogP contribution in [0.1, 0.15) is 0 Å². The van der Waals surface area contributed by atoms with Gasteiger partial charge in [-0.1, -0.05) is 0 Å². The first kappa shape index (κ1) is 16.7. The molecule has 0 heterocycles. The maximum absolute atomic E-state index is 10.1. The maximum Gasteiger partial charge on any atom is 0.335 e. The molecule has 0 spiro atoms. The van der Waals surface area contributed by atoms with Crippen molar-refractivity contribution in [3.63, 3.8) is 0 Å². The number of hydrogen-bond donors (Lipinski definition) is 6. The fourth-order valence-electron chi connectivity index (χ4n) is 0.666. The van der Waals surface area contributed by atoms with Gasteiger partial charge in [-0.15, -0.1) is 0 Å². The standard InChI is InChI=1S/C6H10O8.Ni/c7-1(3(9)5(11)12)2(8)4(10)6(13)14;/h1-4,7-10H,(H,11,12)(H,13,14);. The number of hydrogen-bond acceptors (Lipinski definition) is 6. The SMILES string of the molecule is O=C(O)C(O)C(O)C(O)C(O)C(=O)O.[Ni]. The second-order valence-corrected chi connectivity index (χ2v) is 2.55. The summed E-state index contributed by atoms with van der Waals surface area (Å²) in [6.45, 7) is 0. The molecule has 0 aromatic rings. The predicted molar refractivity (Wildman–Crippen MR) is 39.3 cm³/mol. The molecule has 0 saturated carbocycles. The minimum absolute atomic E-state index is 0. The number of rotatable bonds is 5. The average Bonchev–Trinajstić information content (AvgIpc) is 2.12. The van der Waals surface area contributed by atoms with Crippen LogP contribution in [0, 0.1) is 0 Å². The van der Waals surface area contributed by atoms with Crippen molar-refractivity contribution in [2.24, 2.45) is 0 Å². The average molecular weight is 269 g/mol. The number of carbonyl (C=O) groups is 2. The molecule has 9 heteroatoms. The first-order chi connectivity index (χ1) is 6.29. The summed E-state index contributed by atoms with van der Waals surface area (Å²) in [6.07, 6.45) is -9.28. The zero-order chi connectivity index (χ0) is 11.5. The van der Waals surface area contributed by atoms with Gasteiger partial charge < -0.3 is 30.6 Å². The Morgan fingerprint density at radius 3 is 1.07 bits per heavy atom. The van der Waals surface area contributed by atoms with Crippen molar-refractivity contribution in [2.75, 3.05) is 0 Å². The third kappa shape index (κ3) is 4.54. The van der Waals surface area contributed by atoms with Gasteiger partial charge in [0, 0.05) is 16.5 Å². The van der Waals surface area contributed by atoms with Gasteiger partial charge in [0.25, 0.3) is 0 Å². The predicted octanol–water partition coefficient (Wildman–Crippen LogP) is -3.40. The summed E-state index contributed by atoms with van der Waals surface area (Å²) in [4.78, 5) is 20.2. The van der Waals surface area contributed by atoms with Crippen LogP contribution in [0.3, 0.4) is 0 Å². The van der Waals surface area contributed by atoms with E-state index in [-0.39, 0.29) is 16.5 Å². The summed E-state index contributed by atoms with van der Waals surface area (Å²) < 4.78 is 0. The van der Waals surface area contributed by atoms with Crippen LogP contribution in [-0.2, 0) is 26.1 Å². The second-order valence-electron chi connectivity index (χ2n) is 2.55. The molecule has 0 aliphatic carbocycles. The van der Waals surface area contributed by atoms with Crippen molar-refractivity contribution in [3.05, 3.63) is 0 Å². The van der Waals surface area contributed by atoms with E-state index in [1.54, 1.807) is 0 Å². The quantitative estimate of drug-likeness (QED) is 0.282. The molecule has 0 fully saturated rings. The number of aliphatic hydroxyl groups is 4. The zero-order valence-corrected chi connectivity index (χ0v) is 8.11. The molecular formula is C6H10NiO8. The van der Waals surface area contributed by atoms with E-state index in [9.17, 15) is 9.59 Å². The van der Waals surface area contributed by atoms with Gasteiger partial charge in [0.15, 0.2) is 12.2 Å². The topological polar surface area (TPSA) is 156 Å². The fourth-order valence-corrected chi connectivity index (χ4v) is 0.666. The summed E-state index contributed by atoms with van der Waals surface area (Å²) in [6, 6.07) is 0. The van der Waals surface area contributed by atoms with Crippen LogP contribution in [0.5, 0.6) is 0 Å². The van der Waals surface area contributed by atoms with E-state index in [0.717, 1.165) is 0 Å². The minimum Gasteiger partial charge on any atom is -0.479 e. The Morgan fingerprint density at radius 2 is 0.933 bits per heavy atom. The molecule has 8 nitrogen and oxygen atoms in total. The Morgan fingerprint density at radius 1 is 0.733 bits per heavy atom. The van der Waals surface area contributed by atoms with Gasteiger partial charge in [-0.05, 0) is 0 Å². The van der Waals surface area contributed by atoms with Crippen LogP contribution < -0.4 is 0 Å². The van der Waals surface area contributed by atoms with Crippen LogP contribution in [0.15, 0.2) is 0 Å². The molecule has 92 valence electrons. The van der Waals surface area contributed by atoms with E-state index in [2.05, 4.69) is 0 Å². The van der Waals surface area contributed by atoms with Crippen molar-refractivity contribution >= 4 is 11.9 Å². The number of aliphatic hydroxyl groups excluding tert-OH is 4. The Labute approximate surface area is 93.7 Å². The molecular weight excluding hydrogens is 259 g/mol. The van der Waals surface area contributed by atoms with Gasteiger partial charge in [0.2, 0.25) is 0 Å². The number of carboxylic acids is 2. The molecule has 0 rings (SSSR count). The first-order valence-electron chi connectivity index (χ1n) is 3.47. The van der Waals surface area contributed by atoms with Crippen LogP contribution in [0.2, 0.25) is 0 Å². The normalized spacial score (nSPS) is 18.1. The smallest absolute Gasteiger partial charge is 0.335 e. The third-order valence-corrected chi connectivity index (χ3v) is 1.50. The second kappa shape index (κ2) is 6.70. The molecule has 0 aromatic heterocycles. The molecule has 0 aliphatic rings. The van der Waals surface area contributed by atoms with Gasteiger partial charge in [-0.2, -0.15) is 0 Å². The van der Waals surface area contributed by atoms with Crippen LogP contribution >= 0.6 is 0 Å². The Bertz CT molecular complexity index is 207. The van der Waals surface area contributed by atoms with Crippen molar-refractivity contribution < 1.29 is 56.7 Å². The summed E-state index contributed by atoms with van der Waals surface area (Å²) >= 11 is 0.